The van der Waals surface area contributed by atoms with Gasteiger partial charge < -0.3 is 10.1 Å². The summed E-state index contributed by atoms with van der Waals surface area (Å²) in [5.41, 5.74) is 4.09. The van der Waals surface area contributed by atoms with Crippen LogP contribution in [-0.2, 0) is 6.42 Å². The highest BCUT2D eigenvalue weighted by atomic mass is 16.5. The molecule has 6 nitrogen and oxygen atoms in total. The normalized spacial score (nSPS) is 12.1. The standard InChI is InChI=1S/C21H21N5O/c1-3-17-14-20(26-19(24-17)10-13-23-26)25-21(16-8-11-22-12-9-16)15-4-6-18(27-2)7-5-15/h4-14,21,25H,3H2,1-2H3/t21-/m1/s1. The van der Waals surface area contributed by atoms with E-state index in [1.165, 1.54) is 0 Å². The van der Waals surface area contributed by atoms with Gasteiger partial charge in [0.1, 0.15) is 11.6 Å². The van der Waals surface area contributed by atoms with Crippen molar-refractivity contribution in [3.05, 3.63) is 83.9 Å². The molecular weight excluding hydrogens is 338 g/mol. The molecule has 4 rings (SSSR count). The first-order valence-electron chi connectivity index (χ1n) is 8.92. The molecule has 0 fully saturated rings. The molecule has 0 saturated heterocycles. The molecule has 1 aromatic carbocycles. The van der Waals surface area contributed by atoms with Gasteiger partial charge in [-0.3, -0.25) is 4.98 Å². The average molecular weight is 359 g/mol. The van der Waals surface area contributed by atoms with E-state index in [0.717, 1.165) is 40.5 Å². The lowest BCUT2D eigenvalue weighted by Crippen LogP contribution is -2.16. The zero-order valence-corrected chi connectivity index (χ0v) is 15.3. The Morgan fingerprint density at radius 2 is 1.74 bits per heavy atom. The maximum atomic E-state index is 5.30. The van der Waals surface area contributed by atoms with Crippen molar-refractivity contribution < 1.29 is 4.74 Å². The number of anilines is 1. The first kappa shape index (κ1) is 17.0. The van der Waals surface area contributed by atoms with Crippen molar-refractivity contribution in [1.29, 1.82) is 0 Å². The second kappa shape index (κ2) is 7.45. The number of benzene rings is 1. The van der Waals surface area contributed by atoms with E-state index in [-0.39, 0.29) is 6.04 Å². The molecular formula is C21H21N5O. The summed E-state index contributed by atoms with van der Waals surface area (Å²) < 4.78 is 7.13. The number of aryl methyl sites for hydroxylation is 1. The minimum Gasteiger partial charge on any atom is -0.497 e. The van der Waals surface area contributed by atoms with E-state index < -0.39 is 0 Å². The predicted octanol–water partition coefficient (Wildman–Crippen LogP) is 3.90. The number of rotatable bonds is 6. The molecule has 4 aromatic rings. The van der Waals surface area contributed by atoms with Crippen molar-refractivity contribution in [3.63, 3.8) is 0 Å². The number of aromatic nitrogens is 4. The van der Waals surface area contributed by atoms with Gasteiger partial charge in [0, 0.05) is 30.2 Å². The zero-order valence-electron chi connectivity index (χ0n) is 15.3. The number of nitrogens with zero attached hydrogens (tertiary/aromatic N) is 4. The van der Waals surface area contributed by atoms with E-state index in [9.17, 15) is 0 Å². The Morgan fingerprint density at radius 1 is 1.00 bits per heavy atom. The fourth-order valence-electron chi connectivity index (χ4n) is 3.11. The lowest BCUT2D eigenvalue weighted by molar-refractivity contribution is 0.414. The molecule has 0 bridgehead atoms. The van der Waals surface area contributed by atoms with Crippen molar-refractivity contribution in [2.24, 2.45) is 0 Å². The van der Waals surface area contributed by atoms with Gasteiger partial charge in [-0.15, -0.1) is 0 Å². The van der Waals surface area contributed by atoms with E-state index in [4.69, 9.17) is 4.74 Å². The van der Waals surface area contributed by atoms with Crippen molar-refractivity contribution in [3.8, 4) is 5.75 Å². The van der Waals surface area contributed by atoms with Gasteiger partial charge >= 0.3 is 0 Å². The molecule has 6 heteroatoms. The van der Waals surface area contributed by atoms with Crippen molar-refractivity contribution in [1.82, 2.24) is 19.6 Å². The number of hydrogen-bond donors (Lipinski definition) is 1. The Bertz CT molecular complexity index is 1030. The lowest BCUT2D eigenvalue weighted by Gasteiger charge is -2.22. The molecule has 136 valence electrons. The molecule has 0 aliphatic heterocycles. The number of pyridine rings is 1. The molecule has 0 saturated carbocycles. The van der Waals surface area contributed by atoms with Crippen LogP contribution in [0.1, 0.15) is 29.8 Å². The SMILES string of the molecule is CCc1cc(N[C@@H](c2ccncc2)c2ccc(OC)cc2)n2nccc2n1. The highest BCUT2D eigenvalue weighted by Crippen LogP contribution is 2.28. The zero-order chi connectivity index (χ0) is 18.6. The third kappa shape index (κ3) is 3.46. The Hall–Kier alpha value is -3.41. The Morgan fingerprint density at radius 3 is 2.44 bits per heavy atom. The quantitative estimate of drug-likeness (QED) is 0.566. The molecule has 27 heavy (non-hydrogen) atoms. The van der Waals surface area contributed by atoms with Crippen LogP contribution in [0.15, 0.2) is 67.1 Å². The topological polar surface area (TPSA) is 64.3 Å². The van der Waals surface area contributed by atoms with Gasteiger partial charge in [0.2, 0.25) is 0 Å². The van der Waals surface area contributed by atoms with Crippen LogP contribution in [0.2, 0.25) is 0 Å². The summed E-state index contributed by atoms with van der Waals surface area (Å²) in [6, 6.07) is 16.0. The molecule has 3 aromatic heterocycles. The van der Waals surface area contributed by atoms with Gasteiger partial charge in [0.15, 0.2) is 5.65 Å². The highest BCUT2D eigenvalue weighted by molar-refractivity contribution is 5.52. The number of ether oxygens (including phenoxy) is 1. The summed E-state index contributed by atoms with van der Waals surface area (Å²) in [4.78, 5) is 8.77. The van der Waals surface area contributed by atoms with Crippen LogP contribution in [-0.4, -0.2) is 26.7 Å². The van der Waals surface area contributed by atoms with Crippen LogP contribution in [0.5, 0.6) is 5.75 Å². The van der Waals surface area contributed by atoms with Gasteiger partial charge in [-0.2, -0.15) is 9.61 Å². The fourth-order valence-corrected chi connectivity index (χ4v) is 3.11. The number of hydrogen-bond acceptors (Lipinski definition) is 5. The number of fused-ring (bicyclic) bond motifs is 1. The van der Waals surface area contributed by atoms with Crippen LogP contribution >= 0.6 is 0 Å². The van der Waals surface area contributed by atoms with Crippen LogP contribution in [0.25, 0.3) is 5.65 Å². The highest BCUT2D eigenvalue weighted by Gasteiger charge is 2.17. The third-order valence-electron chi connectivity index (χ3n) is 4.56. The lowest BCUT2D eigenvalue weighted by atomic mass is 9.99. The van der Waals surface area contributed by atoms with Gasteiger partial charge in [0.25, 0.3) is 0 Å². The van der Waals surface area contributed by atoms with E-state index in [1.807, 2.05) is 34.8 Å². The Balaban J connectivity index is 1.79. The summed E-state index contributed by atoms with van der Waals surface area (Å²) in [5, 5.41) is 8.07. The summed E-state index contributed by atoms with van der Waals surface area (Å²) in [7, 11) is 1.67. The largest absolute Gasteiger partial charge is 0.497 e. The molecule has 0 spiro atoms. The second-order valence-electron chi connectivity index (χ2n) is 6.22. The van der Waals surface area contributed by atoms with Gasteiger partial charge in [0.05, 0.1) is 19.3 Å². The van der Waals surface area contributed by atoms with E-state index >= 15 is 0 Å². The van der Waals surface area contributed by atoms with Gasteiger partial charge in [-0.05, 0) is 41.8 Å². The van der Waals surface area contributed by atoms with Crippen LogP contribution in [0, 0.1) is 0 Å². The first-order chi connectivity index (χ1) is 13.3. The van der Waals surface area contributed by atoms with Gasteiger partial charge in [-0.1, -0.05) is 19.1 Å². The molecule has 0 unspecified atom stereocenters. The maximum Gasteiger partial charge on any atom is 0.157 e. The van der Waals surface area contributed by atoms with Crippen LogP contribution in [0.4, 0.5) is 5.82 Å². The molecule has 1 N–H and O–H groups in total. The van der Waals surface area contributed by atoms with Crippen molar-refractivity contribution in [2.45, 2.75) is 19.4 Å². The van der Waals surface area contributed by atoms with E-state index in [1.54, 1.807) is 25.7 Å². The number of methoxy groups -OCH3 is 1. The molecule has 3 heterocycles. The van der Waals surface area contributed by atoms with E-state index in [2.05, 4.69) is 45.5 Å². The number of nitrogens with one attached hydrogen (secondary N) is 1. The summed E-state index contributed by atoms with van der Waals surface area (Å²) in [5.74, 6) is 1.73. The molecule has 0 radical (unpaired) electrons. The second-order valence-corrected chi connectivity index (χ2v) is 6.22. The summed E-state index contributed by atoms with van der Waals surface area (Å²) >= 11 is 0. The molecule has 0 amide bonds. The summed E-state index contributed by atoms with van der Waals surface area (Å²) in [6.07, 6.45) is 6.24. The molecule has 0 aliphatic rings. The predicted molar refractivity (Wildman–Crippen MR) is 105 cm³/mol. The van der Waals surface area contributed by atoms with Crippen LogP contribution in [0.3, 0.4) is 0 Å². The van der Waals surface area contributed by atoms with Crippen LogP contribution < -0.4 is 10.1 Å². The minimum absolute atomic E-state index is 0.0570. The van der Waals surface area contributed by atoms with Crippen molar-refractivity contribution >= 4 is 11.5 Å². The molecule has 1 atom stereocenters. The first-order valence-corrected chi connectivity index (χ1v) is 8.92. The third-order valence-corrected chi connectivity index (χ3v) is 4.56. The monoisotopic (exact) mass is 359 g/mol. The average Bonchev–Trinajstić information content (AvgIpc) is 3.21. The minimum atomic E-state index is -0.0570. The fraction of sp³-hybridized carbons (Fsp3) is 0.190. The summed E-state index contributed by atoms with van der Waals surface area (Å²) in [6.45, 7) is 2.10. The van der Waals surface area contributed by atoms with Gasteiger partial charge in [-0.25, -0.2) is 4.98 Å². The van der Waals surface area contributed by atoms with Crippen molar-refractivity contribution in [2.75, 3.05) is 12.4 Å². The molecule has 0 aliphatic carbocycles. The Labute approximate surface area is 157 Å². The smallest absolute Gasteiger partial charge is 0.157 e. The maximum absolute atomic E-state index is 5.30. The van der Waals surface area contributed by atoms with E-state index in [0.29, 0.717) is 0 Å². The Kier molecular flexibility index (Phi) is 4.70.